The number of rotatable bonds is 3. The predicted octanol–water partition coefficient (Wildman–Crippen LogP) is 2.58. The molecule has 0 atom stereocenters. The number of nitrogens with two attached hydrogens (primary N) is 1. The van der Waals surface area contributed by atoms with Gasteiger partial charge < -0.3 is 11.1 Å². The number of aryl methyl sites for hydroxylation is 1. The lowest BCUT2D eigenvalue weighted by Crippen LogP contribution is -2.08. The van der Waals surface area contributed by atoms with Crippen LogP contribution in [0.3, 0.4) is 0 Å². The fourth-order valence-electron chi connectivity index (χ4n) is 1.44. The molecule has 88 valence electrons. The van der Waals surface area contributed by atoms with Gasteiger partial charge in [-0.3, -0.25) is 0 Å². The second-order valence-corrected chi connectivity index (χ2v) is 4.75. The van der Waals surface area contributed by atoms with Gasteiger partial charge in [0.2, 0.25) is 5.95 Å². The van der Waals surface area contributed by atoms with Gasteiger partial charge >= 0.3 is 0 Å². The first-order valence-corrected chi connectivity index (χ1v) is 6.32. The summed E-state index contributed by atoms with van der Waals surface area (Å²) in [4.78, 5) is 8.54. The number of hydrogen-bond donors (Lipinski definition) is 2. The summed E-state index contributed by atoms with van der Waals surface area (Å²) in [6, 6.07) is 10.1. The molecule has 0 fully saturated rings. The van der Waals surface area contributed by atoms with Gasteiger partial charge in [0.1, 0.15) is 5.82 Å². The summed E-state index contributed by atoms with van der Waals surface area (Å²) in [5.74, 6) is 1.10. The summed E-state index contributed by atoms with van der Waals surface area (Å²) in [7, 11) is 0. The Labute approximate surface area is 114 Å². The summed E-state index contributed by atoms with van der Waals surface area (Å²) >= 11 is 2.15. The molecule has 0 bridgehead atoms. The Morgan fingerprint density at radius 1 is 1.24 bits per heavy atom. The van der Waals surface area contributed by atoms with Gasteiger partial charge in [-0.05, 0) is 35.1 Å². The lowest BCUT2D eigenvalue weighted by atomic mass is 10.2. The molecule has 0 unspecified atom stereocenters. The maximum Gasteiger partial charge on any atom is 0.225 e. The van der Waals surface area contributed by atoms with E-state index in [2.05, 4.69) is 50.0 Å². The fraction of sp³-hybridized carbons (Fsp3) is 0.167. The lowest BCUT2D eigenvalue weighted by Gasteiger charge is -2.08. The van der Waals surface area contributed by atoms with Crippen molar-refractivity contribution in [2.45, 2.75) is 13.5 Å². The first kappa shape index (κ1) is 12.1. The van der Waals surface area contributed by atoms with Crippen LogP contribution >= 0.6 is 22.6 Å². The highest BCUT2D eigenvalue weighted by atomic mass is 127. The van der Waals surface area contributed by atoms with Crippen LogP contribution in [0.2, 0.25) is 0 Å². The zero-order valence-electron chi connectivity index (χ0n) is 9.44. The van der Waals surface area contributed by atoms with E-state index in [1.807, 2.05) is 25.1 Å². The number of nitrogen functional groups attached to an aromatic ring is 1. The van der Waals surface area contributed by atoms with Crippen LogP contribution < -0.4 is 11.1 Å². The molecular weight excluding hydrogens is 327 g/mol. The van der Waals surface area contributed by atoms with Crippen molar-refractivity contribution in [3.8, 4) is 0 Å². The first-order chi connectivity index (χ1) is 8.16. The Hall–Kier alpha value is -1.37. The van der Waals surface area contributed by atoms with E-state index in [9.17, 15) is 0 Å². The third-order valence-electron chi connectivity index (χ3n) is 2.34. The van der Waals surface area contributed by atoms with E-state index >= 15 is 0 Å². The second kappa shape index (κ2) is 5.31. The third-order valence-corrected chi connectivity index (χ3v) is 3.67. The quantitative estimate of drug-likeness (QED) is 0.843. The van der Waals surface area contributed by atoms with Gasteiger partial charge in [-0.15, -0.1) is 0 Å². The number of halogens is 1. The van der Waals surface area contributed by atoms with Crippen molar-refractivity contribution in [3.63, 3.8) is 0 Å². The molecule has 0 radical (unpaired) electrons. The van der Waals surface area contributed by atoms with E-state index in [-0.39, 0.29) is 0 Å². The van der Waals surface area contributed by atoms with Gasteiger partial charge in [0.05, 0.1) is 9.26 Å². The van der Waals surface area contributed by atoms with Crippen LogP contribution in [0.15, 0.2) is 30.3 Å². The molecule has 5 heteroatoms. The van der Waals surface area contributed by atoms with Crippen LogP contribution in [0.1, 0.15) is 11.3 Å². The fourth-order valence-corrected chi connectivity index (χ4v) is 1.68. The minimum atomic E-state index is 0.522. The predicted molar refractivity (Wildman–Crippen MR) is 77.7 cm³/mol. The molecule has 2 aromatic rings. The highest BCUT2D eigenvalue weighted by Crippen LogP contribution is 2.17. The van der Waals surface area contributed by atoms with E-state index in [1.165, 1.54) is 5.56 Å². The van der Waals surface area contributed by atoms with Crippen LogP contribution in [0.5, 0.6) is 0 Å². The van der Waals surface area contributed by atoms with Crippen LogP contribution in [0.25, 0.3) is 0 Å². The maximum atomic E-state index is 5.79. The molecule has 0 amide bonds. The molecule has 0 spiro atoms. The van der Waals surface area contributed by atoms with Gasteiger partial charge in [0.25, 0.3) is 0 Å². The summed E-state index contributed by atoms with van der Waals surface area (Å²) in [6.45, 7) is 2.62. The van der Waals surface area contributed by atoms with Crippen LogP contribution in [-0.4, -0.2) is 9.97 Å². The third kappa shape index (κ3) is 3.06. The summed E-state index contributed by atoms with van der Waals surface area (Å²) in [6.07, 6.45) is 0. The highest BCUT2D eigenvalue weighted by molar-refractivity contribution is 14.1. The molecule has 4 nitrogen and oxygen atoms in total. The molecular formula is C12H13IN4. The monoisotopic (exact) mass is 340 g/mol. The zero-order valence-corrected chi connectivity index (χ0v) is 11.6. The van der Waals surface area contributed by atoms with Gasteiger partial charge in [-0.2, -0.15) is 4.98 Å². The molecule has 2 rings (SSSR count). The smallest absolute Gasteiger partial charge is 0.225 e. The van der Waals surface area contributed by atoms with E-state index in [4.69, 9.17) is 5.73 Å². The van der Waals surface area contributed by atoms with Gasteiger partial charge in [-0.1, -0.05) is 30.3 Å². The number of nitrogens with one attached hydrogen (secondary N) is 1. The van der Waals surface area contributed by atoms with Crippen LogP contribution in [0.4, 0.5) is 11.8 Å². The molecule has 0 saturated heterocycles. The van der Waals surface area contributed by atoms with Crippen molar-refractivity contribution in [1.29, 1.82) is 0 Å². The van der Waals surface area contributed by atoms with Crippen molar-refractivity contribution in [2.24, 2.45) is 0 Å². The largest absolute Gasteiger partial charge is 0.383 e. The van der Waals surface area contributed by atoms with E-state index in [1.54, 1.807) is 0 Å². The molecule has 1 aromatic carbocycles. The molecule has 0 aliphatic carbocycles. The number of benzene rings is 1. The van der Waals surface area contributed by atoms with Crippen molar-refractivity contribution in [3.05, 3.63) is 45.2 Å². The lowest BCUT2D eigenvalue weighted by molar-refractivity contribution is 1.03. The van der Waals surface area contributed by atoms with Crippen molar-refractivity contribution in [2.75, 3.05) is 11.1 Å². The van der Waals surface area contributed by atoms with Crippen molar-refractivity contribution < 1.29 is 0 Å². The van der Waals surface area contributed by atoms with Gasteiger partial charge in [0, 0.05) is 6.54 Å². The Bertz CT molecular complexity index is 490. The van der Waals surface area contributed by atoms with E-state index in [0.717, 1.165) is 9.26 Å². The molecule has 17 heavy (non-hydrogen) atoms. The zero-order chi connectivity index (χ0) is 12.3. The van der Waals surface area contributed by atoms with E-state index in [0.29, 0.717) is 18.3 Å². The Morgan fingerprint density at radius 2 is 1.94 bits per heavy atom. The van der Waals surface area contributed by atoms with Crippen LogP contribution in [-0.2, 0) is 6.54 Å². The molecule has 1 heterocycles. The molecule has 0 aliphatic rings. The highest BCUT2D eigenvalue weighted by Gasteiger charge is 2.05. The molecule has 0 aliphatic heterocycles. The Kier molecular flexibility index (Phi) is 3.78. The summed E-state index contributed by atoms with van der Waals surface area (Å²) < 4.78 is 0.910. The standard InChI is InChI=1S/C12H13IN4/c1-8-10(13)11(14)17-12(16-8)15-7-9-5-3-2-4-6-9/h2-6H,7H2,1H3,(H3,14,15,16,17). The van der Waals surface area contributed by atoms with Crippen LogP contribution in [0, 0.1) is 10.5 Å². The SMILES string of the molecule is Cc1nc(NCc2ccccc2)nc(N)c1I. The number of hydrogen-bond acceptors (Lipinski definition) is 4. The number of anilines is 2. The second-order valence-electron chi connectivity index (χ2n) is 3.67. The maximum absolute atomic E-state index is 5.79. The average molecular weight is 340 g/mol. The summed E-state index contributed by atoms with van der Waals surface area (Å²) in [5, 5.41) is 3.16. The van der Waals surface area contributed by atoms with Gasteiger partial charge in [0.15, 0.2) is 0 Å². The number of aromatic nitrogens is 2. The topological polar surface area (TPSA) is 63.8 Å². The minimum absolute atomic E-state index is 0.522. The molecule has 0 saturated carbocycles. The van der Waals surface area contributed by atoms with Gasteiger partial charge in [-0.25, -0.2) is 4.98 Å². The molecule has 1 aromatic heterocycles. The van der Waals surface area contributed by atoms with Crippen molar-refractivity contribution >= 4 is 34.4 Å². The molecule has 3 N–H and O–H groups in total. The van der Waals surface area contributed by atoms with E-state index < -0.39 is 0 Å². The normalized spacial score (nSPS) is 10.2. The number of nitrogens with zero attached hydrogens (tertiary/aromatic N) is 2. The van der Waals surface area contributed by atoms with Crippen molar-refractivity contribution in [1.82, 2.24) is 9.97 Å². The summed E-state index contributed by atoms with van der Waals surface area (Å²) in [5.41, 5.74) is 7.87. The Balaban J connectivity index is 2.10. The Morgan fingerprint density at radius 3 is 2.59 bits per heavy atom. The average Bonchev–Trinajstić information content (AvgIpc) is 2.34. The minimum Gasteiger partial charge on any atom is -0.383 e. The first-order valence-electron chi connectivity index (χ1n) is 5.24.